The fourth-order valence-electron chi connectivity index (χ4n) is 3.08. The summed E-state index contributed by atoms with van der Waals surface area (Å²) in [6.07, 6.45) is 4.54. The van der Waals surface area contributed by atoms with Crippen molar-refractivity contribution in [3.8, 4) is 0 Å². The maximum atomic E-state index is 12.5. The highest BCUT2D eigenvalue weighted by Crippen LogP contribution is 2.37. The Labute approximate surface area is 97.7 Å². The molecular weight excluding hydrogens is 202 g/mol. The van der Waals surface area contributed by atoms with E-state index in [9.17, 15) is 4.79 Å². The Morgan fingerprint density at radius 1 is 1.44 bits per heavy atom. The van der Waals surface area contributed by atoms with Gasteiger partial charge in [-0.05, 0) is 25.7 Å². The maximum Gasteiger partial charge on any atom is 0.145 e. The van der Waals surface area contributed by atoms with Crippen LogP contribution in [-0.2, 0) is 9.53 Å². The van der Waals surface area contributed by atoms with Gasteiger partial charge in [0.2, 0.25) is 0 Å². The predicted octanol–water partition coefficient (Wildman–Crippen LogP) is 1.75. The van der Waals surface area contributed by atoms with Gasteiger partial charge in [0, 0.05) is 12.0 Å². The number of Topliss-reactive ketones (excluding diaryl/α,β-unsaturated/α-hetero) is 1. The molecule has 1 aliphatic heterocycles. The van der Waals surface area contributed by atoms with E-state index in [1.165, 1.54) is 12.8 Å². The lowest BCUT2D eigenvalue weighted by molar-refractivity contribution is -0.134. The summed E-state index contributed by atoms with van der Waals surface area (Å²) >= 11 is 0. The molecule has 4 unspecified atom stereocenters. The zero-order chi connectivity index (χ0) is 11.8. The third-order valence-corrected chi connectivity index (χ3v) is 4.39. The zero-order valence-electron chi connectivity index (χ0n) is 10.4. The molecule has 3 nitrogen and oxygen atoms in total. The van der Waals surface area contributed by atoms with E-state index in [1.807, 2.05) is 6.92 Å². The second-order valence-electron chi connectivity index (χ2n) is 5.87. The van der Waals surface area contributed by atoms with Crippen LogP contribution in [0.5, 0.6) is 0 Å². The van der Waals surface area contributed by atoms with Crippen LogP contribution in [0.3, 0.4) is 0 Å². The van der Waals surface area contributed by atoms with Crippen LogP contribution >= 0.6 is 0 Å². The van der Waals surface area contributed by atoms with Crippen molar-refractivity contribution in [2.45, 2.75) is 45.6 Å². The van der Waals surface area contributed by atoms with Gasteiger partial charge in [0.1, 0.15) is 5.78 Å². The molecule has 0 aromatic heterocycles. The summed E-state index contributed by atoms with van der Waals surface area (Å²) in [5.74, 6) is 1.26. The van der Waals surface area contributed by atoms with Crippen LogP contribution in [0.2, 0.25) is 0 Å². The van der Waals surface area contributed by atoms with Crippen LogP contribution in [-0.4, -0.2) is 25.0 Å². The Morgan fingerprint density at radius 3 is 2.75 bits per heavy atom. The monoisotopic (exact) mass is 225 g/mol. The van der Waals surface area contributed by atoms with Gasteiger partial charge in [-0.25, -0.2) is 0 Å². The average molecular weight is 225 g/mol. The molecule has 1 heterocycles. The summed E-state index contributed by atoms with van der Waals surface area (Å²) in [5, 5.41) is 0. The molecule has 16 heavy (non-hydrogen) atoms. The van der Waals surface area contributed by atoms with Crippen LogP contribution in [0, 0.1) is 17.3 Å². The van der Waals surface area contributed by atoms with E-state index in [4.69, 9.17) is 10.5 Å². The van der Waals surface area contributed by atoms with Gasteiger partial charge in [-0.15, -0.1) is 0 Å². The number of nitrogens with two attached hydrogens (primary N) is 1. The quantitative estimate of drug-likeness (QED) is 0.779. The molecule has 1 saturated heterocycles. The minimum Gasteiger partial charge on any atom is -0.379 e. The van der Waals surface area contributed by atoms with Crippen molar-refractivity contribution >= 4 is 5.78 Å². The van der Waals surface area contributed by atoms with E-state index < -0.39 is 5.41 Å². The van der Waals surface area contributed by atoms with Crippen molar-refractivity contribution in [2.75, 3.05) is 13.2 Å². The van der Waals surface area contributed by atoms with Crippen molar-refractivity contribution < 1.29 is 9.53 Å². The van der Waals surface area contributed by atoms with Gasteiger partial charge in [-0.3, -0.25) is 4.79 Å². The minimum atomic E-state index is -0.429. The van der Waals surface area contributed by atoms with E-state index >= 15 is 0 Å². The SMILES string of the molecule is CC1CCCC(C(=O)C2(C)COCC2N)C1. The normalized spacial score (nSPS) is 44.6. The topological polar surface area (TPSA) is 52.3 Å². The number of carbonyl (C=O) groups excluding carboxylic acids is 1. The summed E-state index contributed by atoms with van der Waals surface area (Å²) < 4.78 is 5.37. The van der Waals surface area contributed by atoms with E-state index in [-0.39, 0.29) is 12.0 Å². The largest absolute Gasteiger partial charge is 0.379 e. The molecule has 2 rings (SSSR count). The van der Waals surface area contributed by atoms with Gasteiger partial charge in [-0.2, -0.15) is 0 Å². The smallest absolute Gasteiger partial charge is 0.145 e. The van der Waals surface area contributed by atoms with E-state index in [0.717, 1.165) is 12.8 Å². The van der Waals surface area contributed by atoms with Crippen LogP contribution in [0.25, 0.3) is 0 Å². The molecule has 0 aromatic carbocycles. The van der Waals surface area contributed by atoms with Crippen molar-refractivity contribution in [1.82, 2.24) is 0 Å². The first-order valence-corrected chi connectivity index (χ1v) is 6.41. The molecular formula is C13H23NO2. The Balaban J connectivity index is 2.06. The van der Waals surface area contributed by atoms with E-state index in [2.05, 4.69) is 6.92 Å². The predicted molar refractivity (Wildman–Crippen MR) is 63.0 cm³/mol. The van der Waals surface area contributed by atoms with Gasteiger partial charge < -0.3 is 10.5 Å². The molecule has 0 spiro atoms. The Morgan fingerprint density at radius 2 is 2.19 bits per heavy atom. The van der Waals surface area contributed by atoms with Crippen LogP contribution < -0.4 is 5.73 Å². The van der Waals surface area contributed by atoms with Gasteiger partial charge in [0.25, 0.3) is 0 Å². The Hall–Kier alpha value is -0.410. The number of rotatable bonds is 2. The van der Waals surface area contributed by atoms with Crippen molar-refractivity contribution in [2.24, 2.45) is 23.0 Å². The molecule has 0 radical (unpaired) electrons. The summed E-state index contributed by atoms with van der Waals surface area (Å²) in [6, 6.07) is -0.114. The van der Waals surface area contributed by atoms with E-state index in [1.54, 1.807) is 0 Å². The first-order valence-electron chi connectivity index (χ1n) is 6.41. The molecule has 2 fully saturated rings. The molecule has 1 aliphatic carbocycles. The maximum absolute atomic E-state index is 12.5. The van der Waals surface area contributed by atoms with Gasteiger partial charge in [0.15, 0.2) is 0 Å². The number of ether oxygens (including phenoxy) is 1. The first kappa shape index (κ1) is 12.1. The first-order chi connectivity index (χ1) is 7.54. The third kappa shape index (κ3) is 2.03. The number of carbonyl (C=O) groups is 1. The lowest BCUT2D eigenvalue weighted by Gasteiger charge is -2.33. The lowest BCUT2D eigenvalue weighted by atomic mass is 9.70. The highest BCUT2D eigenvalue weighted by molar-refractivity contribution is 5.88. The molecule has 2 N–H and O–H groups in total. The Bertz CT molecular complexity index is 279. The second-order valence-corrected chi connectivity index (χ2v) is 5.87. The highest BCUT2D eigenvalue weighted by atomic mass is 16.5. The van der Waals surface area contributed by atoms with Crippen molar-refractivity contribution in [3.05, 3.63) is 0 Å². The molecule has 0 amide bonds. The summed E-state index contributed by atoms with van der Waals surface area (Å²) in [6.45, 7) is 5.27. The van der Waals surface area contributed by atoms with Crippen LogP contribution in [0.15, 0.2) is 0 Å². The van der Waals surface area contributed by atoms with E-state index in [0.29, 0.717) is 24.9 Å². The number of hydrogen-bond acceptors (Lipinski definition) is 3. The fourth-order valence-corrected chi connectivity index (χ4v) is 3.08. The summed E-state index contributed by atoms with van der Waals surface area (Å²) in [4.78, 5) is 12.5. The van der Waals surface area contributed by atoms with Crippen LogP contribution in [0.4, 0.5) is 0 Å². The van der Waals surface area contributed by atoms with Crippen molar-refractivity contribution in [3.63, 3.8) is 0 Å². The lowest BCUT2D eigenvalue weighted by Crippen LogP contribution is -2.47. The van der Waals surface area contributed by atoms with Gasteiger partial charge in [-0.1, -0.05) is 19.8 Å². The summed E-state index contributed by atoms with van der Waals surface area (Å²) in [5.41, 5.74) is 5.58. The molecule has 4 atom stereocenters. The minimum absolute atomic E-state index is 0.114. The third-order valence-electron chi connectivity index (χ3n) is 4.39. The number of hydrogen-bond donors (Lipinski definition) is 1. The fraction of sp³-hybridized carbons (Fsp3) is 0.923. The summed E-state index contributed by atoms with van der Waals surface area (Å²) in [7, 11) is 0. The van der Waals surface area contributed by atoms with Crippen LogP contribution in [0.1, 0.15) is 39.5 Å². The van der Waals surface area contributed by atoms with Crippen molar-refractivity contribution in [1.29, 1.82) is 0 Å². The molecule has 3 heteroatoms. The molecule has 1 saturated carbocycles. The molecule has 0 bridgehead atoms. The standard InChI is InChI=1S/C13H23NO2/c1-9-4-3-5-10(6-9)12(15)13(2)8-16-7-11(13)14/h9-11H,3-8,14H2,1-2H3. The zero-order valence-corrected chi connectivity index (χ0v) is 10.4. The number of ketones is 1. The van der Waals surface area contributed by atoms with Gasteiger partial charge in [0.05, 0.1) is 18.6 Å². The van der Waals surface area contributed by atoms with Gasteiger partial charge >= 0.3 is 0 Å². The molecule has 0 aromatic rings. The second kappa shape index (κ2) is 4.46. The average Bonchev–Trinajstić information content (AvgIpc) is 2.59. The molecule has 2 aliphatic rings. The molecule has 92 valence electrons. The Kier molecular flexibility index (Phi) is 3.36. The highest BCUT2D eigenvalue weighted by Gasteiger charge is 2.46.